The van der Waals surface area contributed by atoms with Gasteiger partial charge in [0.1, 0.15) is 11.5 Å². The van der Waals surface area contributed by atoms with E-state index in [0.29, 0.717) is 17.9 Å². The highest BCUT2D eigenvalue weighted by molar-refractivity contribution is 7.91. The van der Waals surface area contributed by atoms with E-state index in [0.717, 1.165) is 5.69 Å². The Morgan fingerprint density at radius 2 is 2.23 bits per heavy atom. The molecule has 1 saturated heterocycles. The number of carbonyl (C=O) groups is 1. The molecule has 1 fully saturated rings. The zero-order valence-corrected chi connectivity index (χ0v) is 13.2. The molecule has 0 radical (unpaired) electrons. The molecule has 2 aromatic rings. The monoisotopic (exact) mass is 323 g/mol. The summed E-state index contributed by atoms with van der Waals surface area (Å²) in [5, 5.41) is 11.1. The summed E-state index contributed by atoms with van der Waals surface area (Å²) < 4.78 is 26.4. The Kier molecular flexibility index (Phi) is 3.51. The van der Waals surface area contributed by atoms with Crippen molar-refractivity contribution >= 4 is 21.6 Å². The van der Waals surface area contributed by atoms with Crippen molar-refractivity contribution in [3.8, 4) is 0 Å². The van der Waals surface area contributed by atoms with Crippen LogP contribution in [0.25, 0.3) is 0 Å². The molecule has 22 heavy (non-hydrogen) atoms. The van der Waals surface area contributed by atoms with Crippen molar-refractivity contribution in [2.45, 2.75) is 19.4 Å². The van der Waals surface area contributed by atoms with Crippen LogP contribution in [0.1, 0.15) is 28.6 Å². The minimum atomic E-state index is -3.02. The van der Waals surface area contributed by atoms with Gasteiger partial charge in [0.25, 0.3) is 5.91 Å². The smallest absolute Gasteiger partial charge is 0.275 e. The number of aryl methyl sites for hydroxylation is 2. The Labute approximate surface area is 128 Å². The van der Waals surface area contributed by atoms with Crippen LogP contribution >= 0.6 is 0 Å². The Bertz CT molecular complexity index is 821. The minimum absolute atomic E-state index is 0.0582. The van der Waals surface area contributed by atoms with Crippen LogP contribution in [0.5, 0.6) is 0 Å². The van der Waals surface area contributed by atoms with Gasteiger partial charge in [-0.25, -0.2) is 13.1 Å². The first kappa shape index (κ1) is 14.8. The Balaban J connectivity index is 1.86. The quantitative estimate of drug-likeness (QED) is 0.888. The van der Waals surface area contributed by atoms with Crippen LogP contribution in [0, 0.1) is 6.92 Å². The van der Waals surface area contributed by atoms with Gasteiger partial charge in [-0.2, -0.15) is 10.2 Å². The summed E-state index contributed by atoms with van der Waals surface area (Å²) in [5.74, 6) is 0.418. The molecule has 0 saturated carbocycles. The lowest BCUT2D eigenvalue weighted by molar-refractivity contribution is 0.101. The fourth-order valence-corrected chi connectivity index (χ4v) is 4.33. The van der Waals surface area contributed by atoms with Crippen LogP contribution in [-0.2, 0) is 16.9 Å². The molecule has 1 atom stereocenters. The maximum absolute atomic E-state index is 12.3. The van der Waals surface area contributed by atoms with Gasteiger partial charge < -0.3 is 5.32 Å². The second-order valence-corrected chi connectivity index (χ2v) is 7.70. The minimum Gasteiger partial charge on any atom is -0.305 e. The molecule has 118 valence electrons. The molecule has 3 rings (SSSR count). The maximum atomic E-state index is 12.3. The molecule has 0 bridgehead atoms. The van der Waals surface area contributed by atoms with E-state index in [2.05, 4.69) is 15.5 Å². The summed E-state index contributed by atoms with van der Waals surface area (Å²) in [6, 6.07) is 3.11. The molecule has 1 aliphatic rings. The van der Waals surface area contributed by atoms with Crippen molar-refractivity contribution in [1.82, 2.24) is 19.6 Å². The number of hydrogen-bond acceptors (Lipinski definition) is 5. The van der Waals surface area contributed by atoms with E-state index in [-0.39, 0.29) is 23.5 Å². The molecule has 8 nitrogen and oxygen atoms in total. The zero-order chi connectivity index (χ0) is 15.9. The van der Waals surface area contributed by atoms with Gasteiger partial charge in [0.15, 0.2) is 9.84 Å². The lowest BCUT2D eigenvalue weighted by Gasteiger charge is -2.13. The third kappa shape index (κ3) is 2.76. The summed E-state index contributed by atoms with van der Waals surface area (Å²) in [5.41, 5.74) is 1.15. The number of aromatic nitrogens is 4. The second kappa shape index (κ2) is 5.24. The van der Waals surface area contributed by atoms with E-state index < -0.39 is 9.84 Å². The molecule has 1 amide bonds. The van der Waals surface area contributed by atoms with E-state index in [4.69, 9.17) is 0 Å². The standard InChI is InChI=1S/C13H17N5O3S/c1-9-7-12(15-13(19)11-3-5-14-17(11)2)18(16-9)10-4-6-22(20,21)8-10/h3,5,7,10H,4,6,8H2,1-2H3,(H,15,19)/t10-/m0/s1. The fraction of sp³-hybridized carbons (Fsp3) is 0.462. The zero-order valence-electron chi connectivity index (χ0n) is 12.4. The fourth-order valence-electron chi connectivity index (χ4n) is 2.63. The van der Waals surface area contributed by atoms with Gasteiger partial charge in [-0.1, -0.05) is 0 Å². The molecule has 0 aliphatic carbocycles. The van der Waals surface area contributed by atoms with E-state index in [9.17, 15) is 13.2 Å². The third-order valence-electron chi connectivity index (χ3n) is 3.71. The van der Waals surface area contributed by atoms with E-state index in [1.54, 1.807) is 37.0 Å². The van der Waals surface area contributed by atoms with Gasteiger partial charge in [0.2, 0.25) is 0 Å². The highest BCUT2D eigenvalue weighted by Gasteiger charge is 2.31. The molecule has 0 spiro atoms. The van der Waals surface area contributed by atoms with Crippen molar-refractivity contribution in [3.05, 3.63) is 29.7 Å². The lowest BCUT2D eigenvalue weighted by atomic mass is 10.3. The molecule has 9 heteroatoms. The first-order valence-electron chi connectivity index (χ1n) is 6.92. The van der Waals surface area contributed by atoms with Crippen LogP contribution < -0.4 is 5.32 Å². The van der Waals surface area contributed by atoms with Crippen molar-refractivity contribution in [2.75, 3.05) is 16.8 Å². The van der Waals surface area contributed by atoms with Crippen LogP contribution in [-0.4, -0.2) is 45.4 Å². The maximum Gasteiger partial charge on any atom is 0.275 e. The lowest BCUT2D eigenvalue weighted by Crippen LogP contribution is -2.21. The third-order valence-corrected chi connectivity index (χ3v) is 5.46. The summed E-state index contributed by atoms with van der Waals surface area (Å²) in [6.45, 7) is 1.81. The van der Waals surface area contributed by atoms with Crippen LogP contribution in [0.4, 0.5) is 5.82 Å². The molecular formula is C13H17N5O3S. The van der Waals surface area contributed by atoms with Crippen molar-refractivity contribution in [3.63, 3.8) is 0 Å². The van der Waals surface area contributed by atoms with Gasteiger partial charge >= 0.3 is 0 Å². The Hall–Kier alpha value is -2.16. The van der Waals surface area contributed by atoms with E-state index in [1.165, 1.54) is 4.68 Å². The number of sulfone groups is 1. The van der Waals surface area contributed by atoms with Gasteiger partial charge in [0, 0.05) is 19.3 Å². The average molecular weight is 323 g/mol. The predicted molar refractivity (Wildman–Crippen MR) is 80.4 cm³/mol. The van der Waals surface area contributed by atoms with Crippen molar-refractivity contribution in [1.29, 1.82) is 0 Å². The number of nitrogens with zero attached hydrogens (tertiary/aromatic N) is 4. The largest absolute Gasteiger partial charge is 0.305 e. The number of nitrogens with one attached hydrogen (secondary N) is 1. The topological polar surface area (TPSA) is 98.9 Å². The molecule has 3 heterocycles. The molecule has 1 aliphatic heterocycles. The van der Waals surface area contributed by atoms with Crippen LogP contribution in [0.15, 0.2) is 18.3 Å². The van der Waals surface area contributed by atoms with E-state index >= 15 is 0 Å². The number of anilines is 1. The summed E-state index contributed by atoms with van der Waals surface area (Å²) in [4.78, 5) is 12.3. The number of amides is 1. The summed E-state index contributed by atoms with van der Waals surface area (Å²) in [7, 11) is -1.34. The number of hydrogen-bond donors (Lipinski definition) is 1. The Morgan fingerprint density at radius 3 is 2.82 bits per heavy atom. The number of carbonyl (C=O) groups excluding carboxylic acids is 1. The first-order chi connectivity index (χ1) is 10.4. The number of rotatable bonds is 3. The first-order valence-corrected chi connectivity index (χ1v) is 8.74. The van der Waals surface area contributed by atoms with Crippen LogP contribution in [0.3, 0.4) is 0 Å². The SMILES string of the molecule is Cc1cc(NC(=O)c2ccnn2C)n([C@H]2CCS(=O)(=O)C2)n1. The van der Waals surface area contributed by atoms with Gasteiger partial charge in [0.05, 0.1) is 23.2 Å². The van der Waals surface area contributed by atoms with Crippen molar-refractivity contribution < 1.29 is 13.2 Å². The normalized spacial score (nSPS) is 20.2. The molecule has 1 N–H and O–H groups in total. The predicted octanol–water partition coefficient (Wildman–Crippen LogP) is 0.537. The van der Waals surface area contributed by atoms with E-state index in [1.807, 2.05) is 0 Å². The van der Waals surface area contributed by atoms with Gasteiger partial charge in [-0.15, -0.1) is 0 Å². The van der Waals surface area contributed by atoms with Gasteiger partial charge in [-0.05, 0) is 19.4 Å². The summed E-state index contributed by atoms with van der Waals surface area (Å²) >= 11 is 0. The summed E-state index contributed by atoms with van der Waals surface area (Å²) in [6.07, 6.45) is 2.05. The molecule has 0 aromatic carbocycles. The second-order valence-electron chi connectivity index (χ2n) is 5.47. The Morgan fingerprint density at radius 1 is 1.45 bits per heavy atom. The highest BCUT2D eigenvalue weighted by atomic mass is 32.2. The molecule has 2 aromatic heterocycles. The molecule has 0 unspecified atom stereocenters. The van der Waals surface area contributed by atoms with Crippen LogP contribution in [0.2, 0.25) is 0 Å². The molecular weight excluding hydrogens is 306 g/mol. The highest BCUT2D eigenvalue weighted by Crippen LogP contribution is 2.27. The van der Waals surface area contributed by atoms with Crippen molar-refractivity contribution in [2.24, 2.45) is 7.05 Å². The average Bonchev–Trinajstić information content (AvgIpc) is 3.09. The van der Waals surface area contributed by atoms with Gasteiger partial charge in [-0.3, -0.25) is 9.48 Å².